The zero-order valence-corrected chi connectivity index (χ0v) is 12.3. The van der Waals surface area contributed by atoms with Gasteiger partial charge in [0.25, 0.3) is 0 Å². The van der Waals surface area contributed by atoms with Gasteiger partial charge in [0.05, 0.1) is 6.54 Å². The predicted molar refractivity (Wildman–Crippen MR) is 76.0 cm³/mol. The van der Waals surface area contributed by atoms with Crippen LogP contribution in [0.15, 0.2) is 22.7 Å². The molecule has 0 radical (unpaired) electrons. The molecule has 0 aliphatic heterocycles. The van der Waals surface area contributed by atoms with Crippen molar-refractivity contribution in [2.24, 2.45) is 5.73 Å². The van der Waals surface area contributed by atoms with E-state index in [1.54, 1.807) is 6.07 Å². The van der Waals surface area contributed by atoms with E-state index >= 15 is 0 Å². The van der Waals surface area contributed by atoms with Crippen molar-refractivity contribution in [2.45, 2.75) is 38.3 Å². The van der Waals surface area contributed by atoms with E-state index in [9.17, 15) is 9.18 Å². The number of primary amides is 1. The maximum absolute atomic E-state index is 13.1. The zero-order valence-electron chi connectivity index (χ0n) is 10.7. The van der Waals surface area contributed by atoms with Crippen LogP contribution in [-0.2, 0) is 11.3 Å². The minimum atomic E-state index is -0.315. The number of rotatable bonds is 5. The highest BCUT2D eigenvalue weighted by Gasteiger charge is 2.24. The van der Waals surface area contributed by atoms with Crippen molar-refractivity contribution in [3.05, 3.63) is 34.1 Å². The van der Waals surface area contributed by atoms with Crippen LogP contribution >= 0.6 is 15.9 Å². The molecule has 1 aromatic rings. The Kier molecular flexibility index (Phi) is 4.93. The van der Waals surface area contributed by atoms with Crippen LogP contribution in [0.25, 0.3) is 0 Å². The maximum atomic E-state index is 13.1. The first-order chi connectivity index (χ1) is 9.06. The summed E-state index contributed by atoms with van der Waals surface area (Å²) in [5, 5.41) is 0. The predicted octanol–water partition coefficient (Wildman–Crippen LogP) is 2.82. The molecule has 0 unspecified atom stereocenters. The van der Waals surface area contributed by atoms with Gasteiger partial charge in [0, 0.05) is 17.1 Å². The van der Waals surface area contributed by atoms with Gasteiger partial charge in [0.1, 0.15) is 5.82 Å². The van der Waals surface area contributed by atoms with Crippen molar-refractivity contribution in [1.29, 1.82) is 0 Å². The Morgan fingerprint density at radius 2 is 2.11 bits per heavy atom. The number of nitrogens with zero attached hydrogens (tertiary/aromatic N) is 1. The molecule has 1 aliphatic carbocycles. The van der Waals surface area contributed by atoms with Gasteiger partial charge in [-0.3, -0.25) is 9.69 Å². The number of halogens is 2. The molecule has 104 valence electrons. The van der Waals surface area contributed by atoms with Gasteiger partial charge in [-0.1, -0.05) is 34.8 Å². The van der Waals surface area contributed by atoms with Gasteiger partial charge >= 0.3 is 0 Å². The van der Waals surface area contributed by atoms with Crippen LogP contribution in [-0.4, -0.2) is 23.4 Å². The van der Waals surface area contributed by atoms with E-state index in [4.69, 9.17) is 5.73 Å². The number of nitrogens with two attached hydrogens (primary N) is 1. The number of carbonyl (C=O) groups is 1. The lowest BCUT2D eigenvalue weighted by Gasteiger charge is -2.28. The fourth-order valence-corrected chi connectivity index (χ4v) is 3.13. The SMILES string of the molecule is NC(=O)CN(Cc1ccc(F)cc1Br)C1CCCC1. The summed E-state index contributed by atoms with van der Waals surface area (Å²) in [5.41, 5.74) is 6.31. The molecule has 0 heterocycles. The fourth-order valence-electron chi connectivity index (χ4n) is 2.65. The second-order valence-corrected chi connectivity index (χ2v) is 5.90. The van der Waals surface area contributed by atoms with Crippen LogP contribution in [0.1, 0.15) is 31.2 Å². The number of hydrogen-bond acceptors (Lipinski definition) is 2. The summed E-state index contributed by atoms with van der Waals surface area (Å²) in [6.07, 6.45) is 4.60. The molecule has 0 atom stereocenters. The molecule has 19 heavy (non-hydrogen) atoms. The van der Waals surface area contributed by atoms with Gasteiger partial charge in [0.15, 0.2) is 0 Å². The number of hydrogen-bond donors (Lipinski definition) is 1. The van der Waals surface area contributed by atoms with Crippen LogP contribution < -0.4 is 5.73 Å². The Morgan fingerprint density at radius 1 is 1.42 bits per heavy atom. The molecule has 1 aromatic carbocycles. The third-order valence-electron chi connectivity index (χ3n) is 3.59. The Morgan fingerprint density at radius 3 is 2.68 bits per heavy atom. The highest BCUT2D eigenvalue weighted by Crippen LogP contribution is 2.27. The van der Waals surface area contributed by atoms with E-state index in [1.807, 2.05) is 0 Å². The molecule has 3 nitrogen and oxygen atoms in total. The van der Waals surface area contributed by atoms with Crippen molar-refractivity contribution in [3.8, 4) is 0 Å². The first-order valence-corrected chi connectivity index (χ1v) is 7.32. The lowest BCUT2D eigenvalue weighted by atomic mass is 10.1. The molecular formula is C14H18BrFN2O. The summed E-state index contributed by atoms with van der Waals surface area (Å²) >= 11 is 3.37. The van der Waals surface area contributed by atoms with Crippen LogP contribution in [0.5, 0.6) is 0 Å². The largest absolute Gasteiger partial charge is 0.369 e. The highest BCUT2D eigenvalue weighted by molar-refractivity contribution is 9.10. The maximum Gasteiger partial charge on any atom is 0.231 e. The van der Waals surface area contributed by atoms with Gasteiger partial charge in [0.2, 0.25) is 5.91 Å². The molecular weight excluding hydrogens is 311 g/mol. The lowest BCUT2D eigenvalue weighted by molar-refractivity contribution is -0.119. The summed E-state index contributed by atoms with van der Waals surface area (Å²) in [5.74, 6) is -0.580. The Bertz CT molecular complexity index is 461. The van der Waals surface area contributed by atoms with E-state index in [1.165, 1.54) is 25.0 Å². The molecule has 1 amide bonds. The molecule has 0 spiro atoms. The normalized spacial score (nSPS) is 16.2. The Balaban J connectivity index is 2.12. The molecule has 2 rings (SSSR count). The fraction of sp³-hybridized carbons (Fsp3) is 0.500. The average molecular weight is 329 g/mol. The summed E-state index contributed by atoms with van der Waals surface area (Å²) in [4.78, 5) is 13.3. The standard InChI is InChI=1S/C14H18BrFN2O/c15-13-7-11(16)6-5-10(13)8-18(9-14(17)19)12-3-1-2-4-12/h5-7,12H,1-4,8-9H2,(H2,17,19). The van der Waals surface area contributed by atoms with Crippen molar-refractivity contribution >= 4 is 21.8 Å². The van der Waals surface area contributed by atoms with Gasteiger partial charge in [-0.05, 0) is 30.5 Å². The third-order valence-corrected chi connectivity index (χ3v) is 4.33. The quantitative estimate of drug-likeness (QED) is 0.903. The van der Waals surface area contributed by atoms with Crippen molar-refractivity contribution < 1.29 is 9.18 Å². The molecule has 1 fully saturated rings. The van der Waals surface area contributed by atoms with Crippen LogP contribution in [0.2, 0.25) is 0 Å². The van der Waals surface area contributed by atoms with Crippen molar-refractivity contribution in [2.75, 3.05) is 6.54 Å². The summed E-state index contributed by atoms with van der Waals surface area (Å²) in [6.45, 7) is 0.878. The van der Waals surface area contributed by atoms with Gasteiger partial charge in [-0.2, -0.15) is 0 Å². The van der Waals surface area contributed by atoms with Crippen LogP contribution in [0.3, 0.4) is 0 Å². The topological polar surface area (TPSA) is 46.3 Å². The third kappa shape index (κ3) is 4.01. The van der Waals surface area contributed by atoms with Crippen LogP contribution in [0, 0.1) is 5.82 Å². The second-order valence-electron chi connectivity index (χ2n) is 5.05. The lowest BCUT2D eigenvalue weighted by Crippen LogP contribution is -2.39. The molecule has 1 saturated carbocycles. The molecule has 0 saturated heterocycles. The van der Waals surface area contributed by atoms with E-state index in [2.05, 4.69) is 20.8 Å². The monoisotopic (exact) mass is 328 g/mol. The van der Waals surface area contributed by atoms with E-state index in [-0.39, 0.29) is 18.3 Å². The highest BCUT2D eigenvalue weighted by atomic mass is 79.9. The molecule has 2 N–H and O–H groups in total. The van der Waals surface area contributed by atoms with Gasteiger partial charge in [-0.15, -0.1) is 0 Å². The van der Waals surface area contributed by atoms with E-state index in [0.29, 0.717) is 12.6 Å². The van der Waals surface area contributed by atoms with Crippen LogP contribution in [0.4, 0.5) is 4.39 Å². The van der Waals surface area contributed by atoms with Gasteiger partial charge in [-0.25, -0.2) is 4.39 Å². The summed E-state index contributed by atoms with van der Waals surface area (Å²) in [7, 11) is 0. The Labute approximate surface area is 121 Å². The first-order valence-electron chi connectivity index (χ1n) is 6.52. The van der Waals surface area contributed by atoms with Crippen molar-refractivity contribution in [1.82, 2.24) is 4.90 Å². The summed E-state index contributed by atoms with van der Waals surface area (Å²) in [6, 6.07) is 5.05. The second kappa shape index (κ2) is 6.48. The molecule has 5 heteroatoms. The van der Waals surface area contributed by atoms with Gasteiger partial charge < -0.3 is 5.73 Å². The minimum Gasteiger partial charge on any atom is -0.369 e. The minimum absolute atomic E-state index is 0.258. The first kappa shape index (κ1) is 14.5. The Hall–Kier alpha value is -0.940. The molecule has 1 aliphatic rings. The average Bonchev–Trinajstić information content (AvgIpc) is 2.84. The zero-order chi connectivity index (χ0) is 13.8. The van der Waals surface area contributed by atoms with E-state index < -0.39 is 0 Å². The van der Waals surface area contributed by atoms with Crippen molar-refractivity contribution in [3.63, 3.8) is 0 Å². The molecule has 0 aromatic heterocycles. The molecule has 0 bridgehead atoms. The number of benzene rings is 1. The van der Waals surface area contributed by atoms with E-state index in [0.717, 1.165) is 22.9 Å². The smallest absolute Gasteiger partial charge is 0.231 e. The summed E-state index contributed by atoms with van der Waals surface area (Å²) < 4.78 is 13.8. The number of carbonyl (C=O) groups excluding carboxylic acids is 1. The number of amides is 1.